The first-order chi connectivity index (χ1) is 12.9. The lowest BCUT2D eigenvalue weighted by molar-refractivity contribution is -0.116. The molecule has 144 valence electrons. The van der Waals surface area contributed by atoms with Crippen molar-refractivity contribution in [3.8, 4) is 0 Å². The van der Waals surface area contributed by atoms with Crippen LogP contribution < -0.4 is 10.6 Å². The fourth-order valence-corrected chi connectivity index (χ4v) is 3.49. The second-order valence-corrected chi connectivity index (χ2v) is 7.93. The summed E-state index contributed by atoms with van der Waals surface area (Å²) in [6.07, 6.45) is 0.882. The van der Waals surface area contributed by atoms with E-state index in [1.165, 1.54) is 0 Å². The first-order valence-corrected chi connectivity index (χ1v) is 10.3. The van der Waals surface area contributed by atoms with Crippen LogP contribution in [0.2, 0.25) is 0 Å². The van der Waals surface area contributed by atoms with Crippen LogP contribution in [0.15, 0.2) is 36.4 Å². The van der Waals surface area contributed by atoms with Gasteiger partial charge in [0.05, 0.1) is 0 Å². The number of carbonyl (C=O) groups excluding carboxylic acids is 2. The van der Waals surface area contributed by atoms with Gasteiger partial charge in [-0.25, -0.2) is 0 Å². The predicted molar refractivity (Wildman–Crippen MR) is 116 cm³/mol. The smallest absolute Gasteiger partial charge is 0.225 e. The lowest BCUT2D eigenvalue weighted by Gasteiger charge is -2.11. The van der Waals surface area contributed by atoms with Gasteiger partial charge in [0.2, 0.25) is 11.8 Å². The van der Waals surface area contributed by atoms with E-state index in [0.29, 0.717) is 24.3 Å². The van der Waals surface area contributed by atoms with Crippen LogP contribution in [-0.2, 0) is 9.59 Å². The zero-order valence-electron chi connectivity index (χ0n) is 16.5. The van der Waals surface area contributed by atoms with Crippen molar-refractivity contribution in [1.29, 1.82) is 0 Å². The first-order valence-electron chi connectivity index (χ1n) is 9.18. The van der Waals surface area contributed by atoms with Crippen molar-refractivity contribution in [2.45, 2.75) is 40.5 Å². The fraction of sp³-hybridized carbons (Fsp3) is 0.364. The van der Waals surface area contributed by atoms with E-state index in [2.05, 4.69) is 10.6 Å². The van der Waals surface area contributed by atoms with Crippen LogP contribution in [0.25, 0.3) is 0 Å². The number of hydrogen-bond acceptors (Lipinski definition) is 3. The summed E-state index contributed by atoms with van der Waals surface area (Å²) in [7, 11) is 0. The highest BCUT2D eigenvalue weighted by Crippen LogP contribution is 2.19. The molecule has 0 bridgehead atoms. The van der Waals surface area contributed by atoms with E-state index >= 15 is 0 Å². The lowest BCUT2D eigenvalue weighted by Crippen LogP contribution is -2.15. The number of aryl methyl sites for hydroxylation is 2. The van der Waals surface area contributed by atoms with Crippen LogP contribution >= 0.6 is 11.8 Å². The molecular formula is C22H28N2O2S. The highest BCUT2D eigenvalue weighted by Gasteiger charge is 2.08. The Morgan fingerprint density at radius 3 is 1.56 bits per heavy atom. The van der Waals surface area contributed by atoms with E-state index in [9.17, 15) is 9.59 Å². The molecule has 0 saturated heterocycles. The molecule has 0 radical (unpaired) electrons. The molecule has 0 aliphatic heterocycles. The van der Waals surface area contributed by atoms with Crippen LogP contribution in [0.1, 0.15) is 35.1 Å². The molecule has 0 aromatic heterocycles. The topological polar surface area (TPSA) is 58.2 Å². The molecule has 27 heavy (non-hydrogen) atoms. The Morgan fingerprint density at radius 1 is 0.741 bits per heavy atom. The third-order valence-electron chi connectivity index (χ3n) is 4.70. The molecule has 0 aliphatic rings. The van der Waals surface area contributed by atoms with Crippen molar-refractivity contribution in [3.63, 3.8) is 0 Å². The van der Waals surface area contributed by atoms with E-state index in [1.54, 1.807) is 11.8 Å². The average Bonchev–Trinajstić information content (AvgIpc) is 2.62. The Bertz CT molecular complexity index is 750. The minimum Gasteiger partial charge on any atom is -0.326 e. The molecule has 2 N–H and O–H groups in total. The molecular weight excluding hydrogens is 356 g/mol. The van der Waals surface area contributed by atoms with Gasteiger partial charge in [0, 0.05) is 35.7 Å². The summed E-state index contributed by atoms with van der Waals surface area (Å²) in [6, 6.07) is 11.8. The molecule has 0 atom stereocenters. The summed E-state index contributed by atoms with van der Waals surface area (Å²) in [5.74, 6) is 1.42. The van der Waals surface area contributed by atoms with Gasteiger partial charge < -0.3 is 10.6 Å². The summed E-state index contributed by atoms with van der Waals surface area (Å²) < 4.78 is 0. The number of hydrogen-bond donors (Lipinski definition) is 2. The summed E-state index contributed by atoms with van der Waals surface area (Å²) in [5, 5.41) is 5.93. The Morgan fingerprint density at radius 2 is 1.15 bits per heavy atom. The highest BCUT2D eigenvalue weighted by atomic mass is 32.2. The van der Waals surface area contributed by atoms with E-state index in [-0.39, 0.29) is 11.8 Å². The Hall–Kier alpha value is -2.27. The molecule has 2 rings (SSSR count). The predicted octanol–water partition coefficient (Wildman–Crippen LogP) is 5.01. The van der Waals surface area contributed by atoms with Crippen molar-refractivity contribution in [1.82, 2.24) is 0 Å². The fourth-order valence-electron chi connectivity index (χ4n) is 2.63. The molecule has 5 heteroatoms. The van der Waals surface area contributed by atoms with Crippen LogP contribution in [0.3, 0.4) is 0 Å². The second-order valence-electron chi connectivity index (χ2n) is 6.70. The van der Waals surface area contributed by atoms with Gasteiger partial charge >= 0.3 is 0 Å². The maximum absolute atomic E-state index is 12.1. The monoisotopic (exact) mass is 384 g/mol. The third kappa shape index (κ3) is 6.43. The van der Waals surface area contributed by atoms with Crippen molar-refractivity contribution in [3.05, 3.63) is 58.7 Å². The summed E-state index contributed by atoms with van der Waals surface area (Å²) >= 11 is 1.62. The molecule has 0 fully saturated rings. The Kier molecular flexibility index (Phi) is 7.92. The minimum absolute atomic E-state index is 0.0102. The van der Waals surface area contributed by atoms with Crippen LogP contribution in [-0.4, -0.2) is 23.3 Å². The molecule has 0 saturated carbocycles. The van der Waals surface area contributed by atoms with E-state index in [4.69, 9.17) is 0 Å². The van der Waals surface area contributed by atoms with Crippen LogP contribution in [0.4, 0.5) is 11.4 Å². The van der Waals surface area contributed by atoms with E-state index in [1.807, 2.05) is 64.1 Å². The summed E-state index contributed by atoms with van der Waals surface area (Å²) in [6.45, 7) is 8.08. The van der Waals surface area contributed by atoms with Gasteiger partial charge in [-0.05, 0) is 62.1 Å². The number of thioether (sulfide) groups is 1. The third-order valence-corrected chi connectivity index (χ3v) is 5.69. The van der Waals surface area contributed by atoms with Crippen molar-refractivity contribution >= 4 is 35.0 Å². The number of nitrogens with one attached hydrogen (secondary N) is 2. The molecule has 0 heterocycles. The van der Waals surface area contributed by atoms with Gasteiger partial charge in [0.25, 0.3) is 0 Å². The van der Waals surface area contributed by atoms with Crippen LogP contribution in [0.5, 0.6) is 0 Å². The van der Waals surface area contributed by atoms with Crippen molar-refractivity contribution in [2.75, 3.05) is 22.1 Å². The number of benzene rings is 2. The second kappa shape index (κ2) is 10.2. The normalized spacial score (nSPS) is 10.5. The zero-order valence-corrected chi connectivity index (χ0v) is 17.3. The van der Waals surface area contributed by atoms with E-state index in [0.717, 1.165) is 33.6 Å². The van der Waals surface area contributed by atoms with Gasteiger partial charge in [0.15, 0.2) is 0 Å². The van der Waals surface area contributed by atoms with Gasteiger partial charge in [-0.3, -0.25) is 9.59 Å². The average molecular weight is 385 g/mol. The quantitative estimate of drug-likeness (QED) is 0.629. The molecule has 2 amide bonds. The minimum atomic E-state index is 0.0102. The molecule has 4 nitrogen and oxygen atoms in total. The van der Waals surface area contributed by atoms with Crippen molar-refractivity contribution < 1.29 is 9.59 Å². The number of anilines is 2. The SMILES string of the molecule is Cc1cccc(NC(=O)CCSCCC(=O)Nc2cccc(C)c2C)c1C. The van der Waals surface area contributed by atoms with Gasteiger partial charge in [-0.2, -0.15) is 11.8 Å². The summed E-state index contributed by atoms with van der Waals surface area (Å²) in [5.41, 5.74) is 6.27. The molecule has 0 aliphatic carbocycles. The molecule has 0 spiro atoms. The first kappa shape index (κ1) is 21.0. The number of carbonyl (C=O) groups is 2. The number of amides is 2. The van der Waals surface area contributed by atoms with E-state index < -0.39 is 0 Å². The molecule has 2 aromatic rings. The Labute approximate surface area is 166 Å². The van der Waals surface area contributed by atoms with Gasteiger partial charge in [0.1, 0.15) is 0 Å². The van der Waals surface area contributed by atoms with Crippen LogP contribution in [0, 0.1) is 27.7 Å². The zero-order chi connectivity index (χ0) is 19.8. The highest BCUT2D eigenvalue weighted by molar-refractivity contribution is 7.99. The van der Waals surface area contributed by atoms with Gasteiger partial charge in [-0.15, -0.1) is 0 Å². The largest absolute Gasteiger partial charge is 0.326 e. The van der Waals surface area contributed by atoms with Gasteiger partial charge in [-0.1, -0.05) is 24.3 Å². The molecule has 2 aromatic carbocycles. The molecule has 0 unspecified atom stereocenters. The maximum Gasteiger partial charge on any atom is 0.225 e. The standard InChI is InChI=1S/C22H28N2O2S/c1-15-7-5-9-19(17(15)3)23-21(25)11-13-27-14-12-22(26)24-20-10-6-8-16(2)18(20)4/h5-10H,11-14H2,1-4H3,(H,23,25)(H,24,26). The number of rotatable bonds is 8. The summed E-state index contributed by atoms with van der Waals surface area (Å²) in [4.78, 5) is 24.2. The Balaban J connectivity index is 1.66. The maximum atomic E-state index is 12.1. The lowest BCUT2D eigenvalue weighted by atomic mass is 10.1. The van der Waals surface area contributed by atoms with Crippen molar-refractivity contribution in [2.24, 2.45) is 0 Å².